The third-order valence-electron chi connectivity index (χ3n) is 2.78. The molecule has 0 radical (unpaired) electrons. The minimum atomic E-state index is -0.832. The maximum Gasteiger partial charge on any atom is 0.310 e. The van der Waals surface area contributed by atoms with Crippen molar-refractivity contribution in [3.8, 4) is 5.75 Å². The lowest BCUT2D eigenvalue weighted by atomic mass is 10.2. The van der Waals surface area contributed by atoms with E-state index in [1.54, 1.807) is 12.1 Å². The molecule has 8 nitrogen and oxygen atoms in total. The molecule has 22 heavy (non-hydrogen) atoms. The van der Waals surface area contributed by atoms with Crippen LogP contribution in [-0.4, -0.2) is 10.8 Å². The summed E-state index contributed by atoms with van der Waals surface area (Å²) >= 11 is 0. The van der Waals surface area contributed by atoms with E-state index in [0.29, 0.717) is 0 Å². The summed E-state index contributed by atoms with van der Waals surface area (Å²) < 4.78 is 5.42. The number of benzene rings is 2. The van der Waals surface area contributed by atoms with Crippen LogP contribution in [0.4, 0.5) is 5.69 Å². The van der Waals surface area contributed by atoms with Crippen LogP contribution >= 0.6 is 0 Å². The van der Waals surface area contributed by atoms with Crippen LogP contribution in [0.2, 0.25) is 0 Å². The number of nitro groups is 1. The first-order valence-electron chi connectivity index (χ1n) is 6.16. The van der Waals surface area contributed by atoms with Crippen LogP contribution in [-0.2, 0) is 6.61 Å². The van der Waals surface area contributed by atoms with Gasteiger partial charge in [-0.2, -0.15) is 0 Å². The van der Waals surface area contributed by atoms with Crippen LogP contribution in [0.5, 0.6) is 5.75 Å². The number of carbonyl (C=O) groups is 1. The molecule has 0 bridgehead atoms. The van der Waals surface area contributed by atoms with Gasteiger partial charge in [-0.25, -0.2) is 0 Å². The second-order valence-corrected chi connectivity index (χ2v) is 4.21. The zero-order valence-corrected chi connectivity index (χ0v) is 11.2. The Morgan fingerprint density at radius 3 is 2.64 bits per heavy atom. The predicted molar refractivity (Wildman–Crippen MR) is 77.3 cm³/mol. The minimum absolute atomic E-state index is 0.0199. The van der Waals surface area contributed by atoms with E-state index in [4.69, 9.17) is 10.3 Å². The van der Waals surface area contributed by atoms with Crippen LogP contribution < -0.4 is 4.74 Å². The van der Waals surface area contributed by atoms with Gasteiger partial charge in [-0.1, -0.05) is 30.3 Å². The highest BCUT2D eigenvalue weighted by Crippen LogP contribution is 2.29. The molecule has 0 aliphatic heterocycles. The van der Waals surface area contributed by atoms with Gasteiger partial charge in [0, 0.05) is 16.5 Å². The summed E-state index contributed by atoms with van der Waals surface area (Å²) in [7, 11) is 0. The van der Waals surface area contributed by atoms with Crippen molar-refractivity contribution in [2.24, 2.45) is 5.11 Å². The second kappa shape index (κ2) is 6.87. The Balaban J connectivity index is 2.29. The number of ether oxygens (including phenoxy) is 1. The highest BCUT2D eigenvalue weighted by Gasteiger charge is 2.17. The van der Waals surface area contributed by atoms with E-state index in [2.05, 4.69) is 10.0 Å². The molecule has 0 aromatic heterocycles. The van der Waals surface area contributed by atoms with Gasteiger partial charge in [-0.15, -0.1) is 0 Å². The Morgan fingerprint density at radius 1 is 1.27 bits per heavy atom. The molecule has 0 atom stereocenters. The van der Waals surface area contributed by atoms with Crippen LogP contribution in [0, 0.1) is 10.1 Å². The average Bonchev–Trinajstić information content (AvgIpc) is 2.53. The van der Waals surface area contributed by atoms with Gasteiger partial charge in [0.2, 0.25) is 5.91 Å². The third-order valence-corrected chi connectivity index (χ3v) is 2.78. The fraction of sp³-hybridized carbons (Fsp3) is 0.0714. The van der Waals surface area contributed by atoms with Crippen LogP contribution in [0.15, 0.2) is 53.6 Å². The summed E-state index contributed by atoms with van der Waals surface area (Å²) in [5.41, 5.74) is 8.83. The summed E-state index contributed by atoms with van der Waals surface area (Å²) in [6.07, 6.45) is 0. The summed E-state index contributed by atoms with van der Waals surface area (Å²) in [6.45, 7) is 0.112. The van der Waals surface area contributed by atoms with E-state index in [9.17, 15) is 14.9 Å². The van der Waals surface area contributed by atoms with Crippen molar-refractivity contribution in [2.75, 3.05) is 0 Å². The van der Waals surface area contributed by atoms with Gasteiger partial charge < -0.3 is 4.74 Å². The van der Waals surface area contributed by atoms with Gasteiger partial charge in [0.1, 0.15) is 6.61 Å². The maximum absolute atomic E-state index is 11.5. The number of hydrogen-bond donors (Lipinski definition) is 0. The van der Waals surface area contributed by atoms with E-state index >= 15 is 0 Å². The summed E-state index contributed by atoms with van der Waals surface area (Å²) in [6, 6.07) is 12.6. The molecule has 2 aromatic carbocycles. The van der Waals surface area contributed by atoms with E-state index < -0.39 is 10.8 Å². The maximum atomic E-state index is 11.5. The van der Waals surface area contributed by atoms with E-state index in [-0.39, 0.29) is 23.6 Å². The number of azide groups is 1. The van der Waals surface area contributed by atoms with Crippen molar-refractivity contribution in [3.05, 3.63) is 80.2 Å². The largest absolute Gasteiger partial charge is 0.482 e. The molecule has 1 amide bonds. The van der Waals surface area contributed by atoms with Crippen LogP contribution in [0.1, 0.15) is 15.9 Å². The monoisotopic (exact) mass is 298 g/mol. The third kappa shape index (κ3) is 3.59. The molecule has 0 aliphatic carbocycles. The molecular formula is C14H10N4O4. The zero-order chi connectivity index (χ0) is 15.9. The molecule has 110 valence electrons. The minimum Gasteiger partial charge on any atom is -0.482 e. The van der Waals surface area contributed by atoms with Crippen molar-refractivity contribution in [2.45, 2.75) is 6.61 Å². The average molecular weight is 298 g/mol. The smallest absolute Gasteiger partial charge is 0.310 e. The Labute approximate surface area is 124 Å². The van der Waals surface area contributed by atoms with Crippen molar-refractivity contribution in [1.82, 2.24) is 0 Å². The van der Waals surface area contributed by atoms with Gasteiger partial charge in [-0.05, 0) is 28.3 Å². The van der Waals surface area contributed by atoms with Gasteiger partial charge >= 0.3 is 5.69 Å². The first-order chi connectivity index (χ1) is 10.6. The highest BCUT2D eigenvalue weighted by molar-refractivity contribution is 5.95. The van der Waals surface area contributed by atoms with Crippen molar-refractivity contribution >= 4 is 11.6 Å². The molecule has 2 aromatic rings. The number of amides is 1. The predicted octanol–water partition coefficient (Wildman–Crippen LogP) is 3.62. The number of carbonyl (C=O) groups excluding carboxylic acids is 1. The highest BCUT2D eigenvalue weighted by atomic mass is 16.6. The zero-order valence-electron chi connectivity index (χ0n) is 11.2. The normalized spacial score (nSPS) is 9.64. The van der Waals surface area contributed by atoms with Gasteiger partial charge in [-0.3, -0.25) is 14.9 Å². The standard InChI is InChI=1S/C14H10N4O4/c15-17-16-14(19)11-6-7-12(18(20)21)13(8-11)22-9-10-4-2-1-3-5-10/h1-8H,9H2. The Hall–Kier alpha value is -3.38. The molecule has 2 rings (SSSR count). The number of hydrogen-bond acceptors (Lipinski definition) is 4. The molecule has 0 spiro atoms. The van der Waals surface area contributed by atoms with E-state index in [0.717, 1.165) is 11.6 Å². The number of rotatable bonds is 5. The summed E-state index contributed by atoms with van der Waals surface area (Å²) in [4.78, 5) is 24.3. The molecule has 0 aliphatic rings. The molecule has 0 N–H and O–H groups in total. The van der Waals surface area contributed by atoms with Gasteiger partial charge in [0.05, 0.1) is 4.92 Å². The molecule has 0 saturated heterocycles. The van der Waals surface area contributed by atoms with Crippen LogP contribution in [0.3, 0.4) is 0 Å². The SMILES string of the molecule is [N-]=[N+]=NC(=O)c1ccc([N+](=O)[O-])c(OCc2ccccc2)c1. The lowest BCUT2D eigenvalue weighted by molar-refractivity contribution is -0.385. The first kappa shape index (κ1) is 15.0. The molecular weight excluding hydrogens is 288 g/mol. The van der Waals surface area contributed by atoms with E-state index in [1.807, 2.05) is 18.2 Å². The molecule has 0 fully saturated rings. The van der Waals surface area contributed by atoms with Gasteiger partial charge in [0.15, 0.2) is 5.75 Å². The fourth-order valence-electron chi connectivity index (χ4n) is 1.75. The number of nitrogens with zero attached hydrogens (tertiary/aromatic N) is 4. The summed E-state index contributed by atoms with van der Waals surface area (Å²) in [5, 5.41) is 13.9. The Morgan fingerprint density at radius 2 is 2.00 bits per heavy atom. The first-order valence-corrected chi connectivity index (χ1v) is 6.16. The summed E-state index contributed by atoms with van der Waals surface area (Å²) in [5.74, 6) is -0.894. The van der Waals surface area contributed by atoms with Crippen LogP contribution in [0.25, 0.3) is 10.4 Å². The topological polar surface area (TPSA) is 118 Å². The lowest BCUT2D eigenvalue weighted by Crippen LogP contribution is -2.01. The van der Waals surface area contributed by atoms with E-state index in [1.165, 1.54) is 12.1 Å². The van der Waals surface area contributed by atoms with Crippen molar-refractivity contribution < 1.29 is 14.5 Å². The Bertz CT molecular complexity index is 755. The number of nitro benzene ring substituents is 1. The quantitative estimate of drug-likeness (QED) is 0.275. The second-order valence-electron chi connectivity index (χ2n) is 4.21. The fourth-order valence-corrected chi connectivity index (χ4v) is 1.75. The molecule has 0 unspecified atom stereocenters. The molecule has 0 saturated carbocycles. The van der Waals surface area contributed by atoms with Gasteiger partial charge in [0.25, 0.3) is 0 Å². The molecule has 8 heteroatoms. The van der Waals surface area contributed by atoms with Crippen molar-refractivity contribution in [1.29, 1.82) is 0 Å². The Kier molecular flexibility index (Phi) is 4.69. The van der Waals surface area contributed by atoms with Crippen molar-refractivity contribution in [3.63, 3.8) is 0 Å². The molecule has 0 heterocycles. The lowest BCUT2D eigenvalue weighted by Gasteiger charge is -2.08.